The van der Waals surface area contributed by atoms with Crippen molar-refractivity contribution in [1.29, 1.82) is 0 Å². The Morgan fingerprint density at radius 3 is 2.19 bits per heavy atom. The lowest BCUT2D eigenvalue weighted by Crippen LogP contribution is -2.60. The molecule has 0 unspecified atom stereocenters. The largest absolute Gasteiger partial charge is 0.480 e. The first-order chi connectivity index (χ1) is 15.4. The molecule has 1 aliphatic carbocycles. The number of aliphatic carboxylic acids is 1. The average molecular weight is 437 g/mol. The molecule has 168 valence electrons. The minimum Gasteiger partial charge on any atom is -0.480 e. The summed E-state index contributed by atoms with van der Waals surface area (Å²) in [6.07, 6.45) is -0.0695. The first kappa shape index (κ1) is 21.9. The molecule has 1 saturated heterocycles. The zero-order valence-electron chi connectivity index (χ0n) is 18.4. The predicted molar refractivity (Wildman–Crippen MR) is 119 cm³/mol. The van der Waals surface area contributed by atoms with Crippen molar-refractivity contribution < 1.29 is 24.2 Å². The Kier molecular flexibility index (Phi) is 6.17. The molecule has 1 aliphatic heterocycles. The second-order valence-electron chi connectivity index (χ2n) is 8.80. The molecule has 0 saturated carbocycles. The molecule has 0 spiro atoms. The van der Waals surface area contributed by atoms with Gasteiger partial charge >= 0.3 is 12.1 Å². The maximum absolute atomic E-state index is 13.1. The minimum atomic E-state index is -1.06. The highest BCUT2D eigenvalue weighted by molar-refractivity contribution is 5.89. The Hall–Kier alpha value is -3.35. The monoisotopic (exact) mass is 436 g/mol. The van der Waals surface area contributed by atoms with E-state index in [1.165, 1.54) is 9.80 Å². The quantitative estimate of drug-likeness (QED) is 0.748. The van der Waals surface area contributed by atoms with Crippen molar-refractivity contribution in [3.8, 4) is 11.1 Å². The number of piperazine rings is 1. The van der Waals surface area contributed by atoms with Gasteiger partial charge < -0.3 is 14.7 Å². The Labute approximate surface area is 187 Å². The van der Waals surface area contributed by atoms with Crippen molar-refractivity contribution in [2.24, 2.45) is 5.92 Å². The van der Waals surface area contributed by atoms with Gasteiger partial charge in [-0.25, -0.2) is 4.79 Å². The van der Waals surface area contributed by atoms with E-state index in [0.29, 0.717) is 6.42 Å². The van der Waals surface area contributed by atoms with E-state index < -0.39 is 18.1 Å². The van der Waals surface area contributed by atoms with Crippen LogP contribution in [0.5, 0.6) is 0 Å². The average Bonchev–Trinajstić information content (AvgIpc) is 3.08. The standard InChI is InChI=1S/C25H28N2O5/c1-16(2)13-22-24(30)26(14-23(28)29)11-12-27(22)25(31)32-15-21-19-9-5-3-7-17(19)18-8-4-6-10-20(18)21/h3-10,16,21-22H,11-15H2,1-2H3,(H,28,29)/t22-/m0/s1. The van der Waals surface area contributed by atoms with Crippen LogP contribution in [-0.4, -0.2) is 65.2 Å². The normalized spacial score (nSPS) is 18.0. The van der Waals surface area contributed by atoms with Gasteiger partial charge in [-0.05, 0) is 34.6 Å². The van der Waals surface area contributed by atoms with E-state index in [1.807, 2.05) is 38.1 Å². The highest BCUT2D eigenvalue weighted by Gasteiger charge is 2.39. The molecular weight excluding hydrogens is 408 g/mol. The molecule has 2 aromatic rings. The second-order valence-corrected chi connectivity index (χ2v) is 8.80. The number of benzene rings is 2. The van der Waals surface area contributed by atoms with Gasteiger partial charge in [-0.2, -0.15) is 0 Å². The highest BCUT2D eigenvalue weighted by atomic mass is 16.6. The molecule has 2 aliphatic rings. The van der Waals surface area contributed by atoms with Gasteiger partial charge in [-0.3, -0.25) is 14.5 Å². The number of amides is 2. The van der Waals surface area contributed by atoms with Crippen molar-refractivity contribution in [3.63, 3.8) is 0 Å². The van der Waals surface area contributed by atoms with Gasteiger partial charge in [0.15, 0.2) is 0 Å². The summed E-state index contributed by atoms with van der Waals surface area (Å²) in [6, 6.07) is 15.5. The van der Waals surface area contributed by atoms with Crippen LogP contribution in [-0.2, 0) is 14.3 Å². The fraction of sp³-hybridized carbons (Fsp3) is 0.400. The highest BCUT2D eigenvalue weighted by Crippen LogP contribution is 2.44. The smallest absolute Gasteiger partial charge is 0.410 e. The maximum Gasteiger partial charge on any atom is 0.410 e. The van der Waals surface area contributed by atoms with Gasteiger partial charge in [0, 0.05) is 19.0 Å². The molecule has 1 heterocycles. The van der Waals surface area contributed by atoms with Gasteiger partial charge in [0.25, 0.3) is 0 Å². The van der Waals surface area contributed by atoms with Gasteiger partial charge in [0.1, 0.15) is 19.2 Å². The number of carboxylic acid groups (broad SMARTS) is 1. The van der Waals surface area contributed by atoms with Crippen molar-refractivity contribution in [3.05, 3.63) is 59.7 Å². The Morgan fingerprint density at radius 2 is 1.62 bits per heavy atom. The van der Waals surface area contributed by atoms with Gasteiger partial charge in [-0.15, -0.1) is 0 Å². The number of fused-ring (bicyclic) bond motifs is 3. The number of carbonyl (C=O) groups excluding carboxylic acids is 2. The molecular formula is C25H28N2O5. The summed E-state index contributed by atoms with van der Waals surface area (Å²) in [6.45, 7) is 4.21. The summed E-state index contributed by atoms with van der Waals surface area (Å²) in [7, 11) is 0. The fourth-order valence-corrected chi connectivity index (χ4v) is 4.73. The van der Waals surface area contributed by atoms with Crippen LogP contribution >= 0.6 is 0 Å². The van der Waals surface area contributed by atoms with E-state index in [2.05, 4.69) is 24.3 Å². The number of carbonyl (C=O) groups is 3. The van der Waals surface area contributed by atoms with Crippen molar-refractivity contribution in [2.75, 3.05) is 26.2 Å². The van der Waals surface area contributed by atoms with Crippen LogP contribution in [0.1, 0.15) is 37.3 Å². The summed E-state index contributed by atoms with van der Waals surface area (Å²) in [5.41, 5.74) is 4.56. The first-order valence-corrected chi connectivity index (χ1v) is 11.0. The van der Waals surface area contributed by atoms with Crippen LogP contribution in [0.4, 0.5) is 4.79 Å². The maximum atomic E-state index is 13.1. The molecule has 0 aromatic heterocycles. The lowest BCUT2D eigenvalue weighted by atomic mass is 9.98. The number of carboxylic acids is 1. The summed E-state index contributed by atoms with van der Waals surface area (Å²) in [4.78, 5) is 39.9. The molecule has 1 fully saturated rings. The van der Waals surface area contributed by atoms with Crippen LogP contribution in [0, 0.1) is 5.92 Å². The number of nitrogens with zero attached hydrogens (tertiary/aromatic N) is 2. The van der Waals surface area contributed by atoms with E-state index >= 15 is 0 Å². The summed E-state index contributed by atoms with van der Waals surface area (Å²) in [5, 5.41) is 9.09. The molecule has 4 rings (SSSR count). The number of rotatable bonds is 6. The molecule has 0 bridgehead atoms. The van der Waals surface area contributed by atoms with E-state index in [0.717, 1.165) is 22.3 Å². The lowest BCUT2D eigenvalue weighted by molar-refractivity contribution is -0.150. The third-order valence-electron chi connectivity index (χ3n) is 6.18. The van der Waals surface area contributed by atoms with Crippen molar-refractivity contribution in [2.45, 2.75) is 32.2 Å². The van der Waals surface area contributed by atoms with Gasteiger partial charge in [0.05, 0.1) is 0 Å². The lowest BCUT2D eigenvalue weighted by Gasteiger charge is -2.40. The number of ether oxygens (including phenoxy) is 1. The summed E-state index contributed by atoms with van der Waals surface area (Å²) in [5.74, 6) is -1.28. The van der Waals surface area contributed by atoms with Crippen molar-refractivity contribution in [1.82, 2.24) is 9.80 Å². The van der Waals surface area contributed by atoms with E-state index in [4.69, 9.17) is 9.84 Å². The Morgan fingerprint density at radius 1 is 1.03 bits per heavy atom. The van der Waals surface area contributed by atoms with Crippen LogP contribution in [0.3, 0.4) is 0 Å². The molecule has 2 aromatic carbocycles. The molecule has 2 amide bonds. The minimum absolute atomic E-state index is 0.0566. The van der Waals surface area contributed by atoms with E-state index in [-0.39, 0.29) is 44.0 Å². The topological polar surface area (TPSA) is 87.2 Å². The summed E-state index contributed by atoms with van der Waals surface area (Å²) < 4.78 is 5.76. The third-order valence-corrected chi connectivity index (χ3v) is 6.18. The van der Waals surface area contributed by atoms with E-state index in [9.17, 15) is 14.4 Å². The molecule has 7 heteroatoms. The second kappa shape index (κ2) is 9.02. The van der Waals surface area contributed by atoms with Crippen molar-refractivity contribution >= 4 is 18.0 Å². The first-order valence-electron chi connectivity index (χ1n) is 11.0. The van der Waals surface area contributed by atoms with Crippen LogP contribution in [0.15, 0.2) is 48.5 Å². The SMILES string of the molecule is CC(C)C[C@H]1C(=O)N(CC(=O)O)CCN1C(=O)OCC1c2ccccc2-c2ccccc21. The van der Waals surface area contributed by atoms with Gasteiger partial charge in [0.2, 0.25) is 5.91 Å². The van der Waals surface area contributed by atoms with Crippen LogP contribution < -0.4 is 0 Å². The summed E-state index contributed by atoms with van der Waals surface area (Å²) >= 11 is 0. The number of hydrogen-bond donors (Lipinski definition) is 1. The molecule has 1 atom stereocenters. The Balaban J connectivity index is 1.50. The molecule has 1 N–H and O–H groups in total. The molecule has 7 nitrogen and oxygen atoms in total. The van der Waals surface area contributed by atoms with E-state index in [1.54, 1.807) is 0 Å². The Bertz CT molecular complexity index is 989. The molecule has 32 heavy (non-hydrogen) atoms. The van der Waals surface area contributed by atoms with Gasteiger partial charge in [-0.1, -0.05) is 62.4 Å². The third kappa shape index (κ3) is 4.20. The zero-order valence-corrected chi connectivity index (χ0v) is 18.4. The number of hydrogen-bond acceptors (Lipinski definition) is 4. The fourth-order valence-electron chi connectivity index (χ4n) is 4.73. The van der Waals surface area contributed by atoms with Crippen LogP contribution in [0.25, 0.3) is 11.1 Å². The molecule has 0 radical (unpaired) electrons. The zero-order chi connectivity index (χ0) is 22.8. The predicted octanol–water partition coefficient (Wildman–Crippen LogP) is 3.58. The van der Waals surface area contributed by atoms with Crippen LogP contribution in [0.2, 0.25) is 0 Å².